The van der Waals surface area contributed by atoms with E-state index in [0.29, 0.717) is 18.3 Å². The van der Waals surface area contributed by atoms with Gasteiger partial charge in [-0.05, 0) is 56.2 Å². The van der Waals surface area contributed by atoms with Crippen molar-refractivity contribution in [2.24, 2.45) is 0 Å². The number of hydrogen-bond acceptors (Lipinski definition) is 4. The maximum atomic E-state index is 12.2. The molecule has 1 unspecified atom stereocenters. The maximum Gasteiger partial charge on any atom is 0.271 e. The lowest BCUT2D eigenvalue weighted by molar-refractivity contribution is 0.0947. The smallest absolute Gasteiger partial charge is 0.271 e. The molecule has 1 N–H and O–H groups in total. The molecule has 1 aliphatic heterocycles. The van der Waals surface area contributed by atoms with Crippen LogP contribution in [-0.2, 0) is 6.42 Å². The van der Waals surface area contributed by atoms with Crippen molar-refractivity contribution in [1.82, 2.24) is 15.5 Å². The number of aryl methyl sites for hydroxylation is 1. The van der Waals surface area contributed by atoms with E-state index in [-0.39, 0.29) is 5.91 Å². The monoisotopic (exact) mass is 352 g/mol. The second kappa shape index (κ2) is 9.32. The van der Waals surface area contributed by atoms with Crippen LogP contribution in [0.15, 0.2) is 42.5 Å². The van der Waals surface area contributed by atoms with Crippen LogP contribution in [0.3, 0.4) is 0 Å². The van der Waals surface area contributed by atoms with Gasteiger partial charge < -0.3 is 10.2 Å². The van der Waals surface area contributed by atoms with Gasteiger partial charge in [0.25, 0.3) is 5.91 Å². The largest absolute Gasteiger partial charge is 0.352 e. The molecule has 1 aromatic heterocycles. The van der Waals surface area contributed by atoms with Gasteiger partial charge in [-0.3, -0.25) is 4.79 Å². The molecule has 3 rings (SSSR count). The molecule has 1 saturated heterocycles. The number of amides is 1. The minimum Gasteiger partial charge on any atom is -0.352 e. The van der Waals surface area contributed by atoms with Crippen LogP contribution in [0.4, 0.5) is 5.82 Å². The van der Waals surface area contributed by atoms with Gasteiger partial charge in [0, 0.05) is 19.1 Å². The highest BCUT2D eigenvalue weighted by atomic mass is 16.1. The summed E-state index contributed by atoms with van der Waals surface area (Å²) < 4.78 is 0. The molecule has 1 amide bonds. The number of piperidine rings is 1. The zero-order valence-corrected chi connectivity index (χ0v) is 15.5. The second-order valence-corrected chi connectivity index (χ2v) is 6.87. The van der Waals surface area contributed by atoms with Crippen molar-refractivity contribution in [3.8, 4) is 0 Å². The first-order valence-corrected chi connectivity index (χ1v) is 9.70. The van der Waals surface area contributed by atoms with E-state index in [4.69, 9.17) is 0 Å². The van der Waals surface area contributed by atoms with Crippen molar-refractivity contribution in [1.29, 1.82) is 0 Å². The van der Waals surface area contributed by atoms with Gasteiger partial charge in [-0.25, -0.2) is 0 Å². The van der Waals surface area contributed by atoms with E-state index in [1.807, 2.05) is 24.3 Å². The highest BCUT2D eigenvalue weighted by Gasteiger charge is 2.22. The van der Waals surface area contributed by atoms with Gasteiger partial charge >= 0.3 is 0 Å². The summed E-state index contributed by atoms with van der Waals surface area (Å²) in [4.78, 5) is 14.6. The standard InChI is InChI=1S/C21H28N4O/c1-2-18-12-6-7-16-25(18)20-14-13-19(23-24-20)21(26)22-15-8-11-17-9-4-3-5-10-17/h3-5,9-10,13-14,18H,2,6-8,11-12,15-16H2,1H3,(H,22,26). The van der Waals surface area contributed by atoms with E-state index in [2.05, 4.69) is 39.5 Å². The predicted octanol–water partition coefficient (Wildman–Crippen LogP) is 3.61. The highest BCUT2D eigenvalue weighted by Crippen LogP contribution is 2.24. The van der Waals surface area contributed by atoms with Crippen LogP contribution in [0, 0.1) is 0 Å². The zero-order valence-electron chi connectivity index (χ0n) is 15.5. The van der Waals surface area contributed by atoms with Crippen LogP contribution >= 0.6 is 0 Å². The quantitative estimate of drug-likeness (QED) is 0.774. The Morgan fingerprint density at radius 2 is 2.00 bits per heavy atom. The number of nitrogens with zero attached hydrogens (tertiary/aromatic N) is 3. The number of anilines is 1. The molecule has 1 fully saturated rings. The number of aromatic nitrogens is 2. The van der Waals surface area contributed by atoms with E-state index in [1.165, 1.54) is 24.8 Å². The predicted molar refractivity (Wildman–Crippen MR) is 104 cm³/mol. The third kappa shape index (κ3) is 4.81. The first-order chi connectivity index (χ1) is 12.8. The number of hydrogen-bond donors (Lipinski definition) is 1. The first kappa shape index (κ1) is 18.4. The van der Waals surface area contributed by atoms with Crippen LogP contribution in [0.25, 0.3) is 0 Å². The Morgan fingerprint density at radius 3 is 2.73 bits per heavy atom. The third-order valence-electron chi connectivity index (χ3n) is 5.05. The number of benzene rings is 1. The van der Waals surface area contributed by atoms with Gasteiger partial charge in [0.05, 0.1) is 0 Å². The van der Waals surface area contributed by atoms with Crippen LogP contribution in [0.1, 0.15) is 55.1 Å². The van der Waals surface area contributed by atoms with E-state index in [0.717, 1.165) is 31.6 Å². The number of rotatable bonds is 7. The van der Waals surface area contributed by atoms with Gasteiger partial charge in [0.2, 0.25) is 0 Å². The third-order valence-corrected chi connectivity index (χ3v) is 5.05. The Morgan fingerprint density at radius 1 is 1.15 bits per heavy atom. The minimum absolute atomic E-state index is 0.150. The van der Waals surface area contributed by atoms with E-state index < -0.39 is 0 Å². The molecule has 0 saturated carbocycles. The van der Waals surface area contributed by atoms with Gasteiger partial charge in [0.15, 0.2) is 11.5 Å². The molecule has 0 spiro atoms. The van der Waals surface area contributed by atoms with Crippen LogP contribution < -0.4 is 10.2 Å². The van der Waals surface area contributed by atoms with Gasteiger partial charge in [-0.15, -0.1) is 10.2 Å². The van der Waals surface area contributed by atoms with Crippen molar-refractivity contribution >= 4 is 11.7 Å². The first-order valence-electron chi connectivity index (χ1n) is 9.70. The number of nitrogens with one attached hydrogen (secondary N) is 1. The molecule has 138 valence electrons. The normalized spacial score (nSPS) is 17.1. The molecule has 1 aliphatic rings. The molecule has 26 heavy (non-hydrogen) atoms. The van der Waals surface area contributed by atoms with Gasteiger partial charge in [-0.1, -0.05) is 37.3 Å². The fourth-order valence-electron chi connectivity index (χ4n) is 3.56. The summed E-state index contributed by atoms with van der Waals surface area (Å²) >= 11 is 0. The SMILES string of the molecule is CCC1CCCCN1c1ccc(C(=O)NCCCc2ccccc2)nn1. The van der Waals surface area contributed by atoms with E-state index in [1.54, 1.807) is 6.07 Å². The number of carbonyl (C=O) groups is 1. The van der Waals surface area contributed by atoms with E-state index >= 15 is 0 Å². The van der Waals surface area contributed by atoms with Gasteiger partial charge in [0.1, 0.15) is 0 Å². The van der Waals surface area contributed by atoms with Crippen molar-refractivity contribution in [2.75, 3.05) is 18.0 Å². The second-order valence-electron chi connectivity index (χ2n) is 6.87. The Bertz CT molecular complexity index is 687. The molecule has 0 radical (unpaired) electrons. The van der Waals surface area contributed by atoms with Crippen molar-refractivity contribution in [3.63, 3.8) is 0 Å². The van der Waals surface area contributed by atoms with Crippen molar-refractivity contribution < 1.29 is 4.79 Å². The molecule has 1 aromatic carbocycles. The zero-order chi connectivity index (χ0) is 18.2. The summed E-state index contributed by atoms with van der Waals surface area (Å²) in [5, 5.41) is 11.4. The molecule has 1 atom stereocenters. The van der Waals surface area contributed by atoms with Crippen LogP contribution in [-0.4, -0.2) is 35.2 Å². The average Bonchev–Trinajstić information content (AvgIpc) is 2.72. The summed E-state index contributed by atoms with van der Waals surface area (Å²) in [6.07, 6.45) is 6.67. The lowest BCUT2D eigenvalue weighted by Crippen LogP contribution is -2.39. The fraction of sp³-hybridized carbons (Fsp3) is 0.476. The Hall–Kier alpha value is -2.43. The van der Waals surface area contributed by atoms with Crippen LogP contribution in [0.2, 0.25) is 0 Å². The molecular weight excluding hydrogens is 324 g/mol. The number of carbonyl (C=O) groups excluding carboxylic acids is 1. The van der Waals surface area contributed by atoms with Crippen molar-refractivity contribution in [2.45, 2.75) is 51.5 Å². The molecule has 0 bridgehead atoms. The molecular formula is C21H28N4O. The molecule has 2 aromatic rings. The lowest BCUT2D eigenvalue weighted by Gasteiger charge is -2.35. The summed E-state index contributed by atoms with van der Waals surface area (Å²) in [6, 6.07) is 14.6. The Balaban J connectivity index is 1.49. The summed E-state index contributed by atoms with van der Waals surface area (Å²) in [7, 11) is 0. The molecule has 5 heteroatoms. The highest BCUT2D eigenvalue weighted by molar-refractivity contribution is 5.92. The average molecular weight is 352 g/mol. The van der Waals surface area contributed by atoms with Crippen molar-refractivity contribution in [3.05, 3.63) is 53.7 Å². The maximum absolute atomic E-state index is 12.2. The van der Waals surface area contributed by atoms with E-state index in [9.17, 15) is 4.79 Å². The molecule has 2 heterocycles. The van der Waals surface area contributed by atoms with Gasteiger partial charge in [-0.2, -0.15) is 0 Å². The molecule has 5 nitrogen and oxygen atoms in total. The Labute approximate surface area is 155 Å². The lowest BCUT2D eigenvalue weighted by atomic mass is 10.0. The summed E-state index contributed by atoms with van der Waals surface area (Å²) in [6.45, 7) is 3.88. The summed E-state index contributed by atoms with van der Waals surface area (Å²) in [5.41, 5.74) is 1.68. The summed E-state index contributed by atoms with van der Waals surface area (Å²) in [5.74, 6) is 0.736. The van der Waals surface area contributed by atoms with Crippen LogP contribution in [0.5, 0.6) is 0 Å². The minimum atomic E-state index is -0.150. The Kier molecular flexibility index (Phi) is 6.58. The molecule has 0 aliphatic carbocycles. The topological polar surface area (TPSA) is 58.1 Å². The fourth-order valence-corrected chi connectivity index (χ4v) is 3.56.